The molecule has 162 valence electrons. The molecule has 1 fully saturated rings. The summed E-state index contributed by atoms with van der Waals surface area (Å²) >= 11 is 0. The number of benzene rings is 1. The van der Waals surface area contributed by atoms with Gasteiger partial charge in [0, 0.05) is 16.8 Å². The number of aryl methyl sites for hydroxylation is 1. The minimum absolute atomic E-state index is 0.0763. The van der Waals surface area contributed by atoms with Gasteiger partial charge in [0.15, 0.2) is 21.2 Å². The SMILES string of the molecule is Cc1ccc(-c2nonc2NC(=O)c2nn(C3CCS(=O)(=O)C3)c3c2CCCC3)cc1. The van der Waals surface area contributed by atoms with Crippen LogP contribution in [-0.4, -0.2) is 45.9 Å². The van der Waals surface area contributed by atoms with Crippen molar-refractivity contribution in [3.05, 3.63) is 46.8 Å². The average Bonchev–Trinajstić information content (AvgIpc) is 3.45. The molecule has 31 heavy (non-hydrogen) atoms. The van der Waals surface area contributed by atoms with Crippen molar-refractivity contribution < 1.29 is 17.8 Å². The lowest BCUT2D eigenvalue weighted by atomic mass is 9.95. The average molecular weight is 442 g/mol. The lowest BCUT2D eigenvalue weighted by molar-refractivity contribution is 0.101. The quantitative estimate of drug-likeness (QED) is 0.661. The molecule has 1 aliphatic heterocycles. The van der Waals surface area contributed by atoms with Crippen LogP contribution >= 0.6 is 0 Å². The second kappa shape index (κ2) is 7.60. The third kappa shape index (κ3) is 3.76. The first kappa shape index (κ1) is 19.9. The molecule has 1 amide bonds. The fourth-order valence-corrected chi connectivity index (χ4v) is 6.11. The number of fused-ring (bicyclic) bond motifs is 1. The number of nitrogens with zero attached hydrogens (tertiary/aromatic N) is 4. The van der Waals surface area contributed by atoms with Gasteiger partial charge in [0.25, 0.3) is 5.91 Å². The molecule has 2 aromatic heterocycles. The van der Waals surface area contributed by atoms with Crippen LogP contribution in [0.4, 0.5) is 5.82 Å². The van der Waals surface area contributed by atoms with Gasteiger partial charge in [0.05, 0.1) is 17.5 Å². The Morgan fingerprint density at radius 2 is 1.94 bits per heavy atom. The highest BCUT2D eigenvalue weighted by Crippen LogP contribution is 2.32. The number of rotatable bonds is 4. The van der Waals surface area contributed by atoms with Crippen LogP contribution in [0.3, 0.4) is 0 Å². The van der Waals surface area contributed by atoms with Gasteiger partial charge in [-0.3, -0.25) is 9.48 Å². The number of hydrogen-bond acceptors (Lipinski definition) is 7. The van der Waals surface area contributed by atoms with Gasteiger partial charge in [0.2, 0.25) is 5.82 Å². The van der Waals surface area contributed by atoms with E-state index in [1.807, 2.05) is 31.2 Å². The lowest BCUT2D eigenvalue weighted by Gasteiger charge is -2.17. The monoisotopic (exact) mass is 441 g/mol. The highest BCUT2D eigenvalue weighted by molar-refractivity contribution is 7.91. The second-order valence-electron chi connectivity index (χ2n) is 8.26. The molecule has 0 saturated carbocycles. The summed E-state index contributed by atoms with van der Waals surface area (Å²) in [7, 11) is -3.05. The highest BCUT2D eigenvalue weighted by atomic mass is 32.2. The van der Waals surface area contributed by atoms with Crippen molar-refractivity contribution in [3.8, 4) is 11.3 Å². The molecule has 0 radical (unpaired) electrons. The normalized spacial score (nSPS) is 19.8. The van der Waals surface area contributed by atoms with E-state index in [0.29, 0.717) is 17.8 Å². The van der Waals surface area contributed by atoms with Gasteiger partial charge < -0.3 is 5.32 Å². The van der Waals surface area contributed by atoms with Crippen LogP contribution in [0.2, 0.25) is 0 Å². The molecule has 5 rings (SSSR count). The molecule has 3 heterocycles. The molecule has 1 atom stereocenters. The minimum atomic E-state index is -3.05. The maximum Gasteiger partial charge on any atom is 0.277 e. The standard InChI is InChI=1S/C21H23N5O4S/c1-13-6-8-14(9-7-13)18-20(25-30-24-18)22-21(27)19-16-4-2-3-5-17(16)26(23-19)15-10-11-31(28,29)12-15/h6-9,15H,2-5,10-12H2,1H3,(H,22,25,27). The Morgan fingerprint density at radius 3 is 2.68 bits per heavy atom. The summed E-state index contributed by atoms with van der Waals surface area (Å²) < 4.78 is 30.6. The Kier molecular flexibility index (Phi) is 4.88. The number of nitrogens with one attached hydrogen (secondary N) is 1. The fraction of sp³-hybridized carbons (Fsp3) is 0.429. The summed E-state index contributed by atoms with van der Waals surface area (Å²) in [5.41, 5.74) is 4.56. The molecule has 9 nitrogen and oxygen atoms in total. The number of anilines is 1. The van der Waals surface area contributed by atoms with E-state index in [9.17, 15) is 13.2 Å². The summed E-state index contributed by atoms with van der Waals surface area (Å²) in [6, 6.07) is 7.46. The van der Waals surface area contributed by atoms with Crippen molar-refractivity contribution in [2.75, 3.05) is 16.8 Å². The molecule has 1 aliphatic carbocycles. The van der Waals surface area contributed by atoms with E-state index >= 15 is 0 Å². The number of aromatic nitrogens is 4. The zero-order valence-corrected chi connectivity index (χ0v) is 18.0. The van der Waals surface area contributed by atoms with Crippen LogP contribution < -0.4 is 5.32 Å². The maximum atomic E-state index is 13.2. The van der Waals surface area contributed by atoms with Crippen LogP contribution in [0, 0.1) is 6.92 Å². The zero-order chi connectivity index (χ0) is 21.6. The Morgan fingerprint density at radius 1 is 1.16 bits per heavy atom. The van der Waals surface area contributed by atoms with Crippen molar-refractivity contribution in [2.45, 2.75) is 45.1 Å². The molecule has 1 N–H and O–H groups in total. The first-order valence-corrected chi connectivity index (χ1v) is 12.2. The number of sulfone groups is 1. The van der Waals surface area contributed by atoms with Crippen LogP contribution in [0.1, 0.15) is 52.6 Å². The Hall–Kier alpha value is -3.01. The van der Waals surface area contributed by atoms with Gasteiger partial charge in [-0.25, -0.2) is 13.0 Å². The van der Waals surface area contributed by atoms with Gasteiger partial charge in [-0.2, -0.15) is 5.10 Å². The number of hydrogen-bond donors (Lipinski definition) is 1. The second-order valence-corrected chi connectivity index (χ2v) is 10.5. The summed E-state index contributed by atoms with van der Waals surface area (Å²) in [4.78, 5) is 13.2. The molecule has 1 aromatic carbocycles. The van der Waals surface area contributed by atoms with Gasteiger partial charge in [-0.05, 0) is 49.3 Å². The van der Waals surface area contributed by atoms with E-state index in [1.165, 1.54) is 0 Å². The molecule has 1 saturated heterocycles. The van der Waals surface area contributed by atoms with Gasteiger partial charge in [-0.1, -0.05) is 29.8 Å². The molecule has 2 aliphatic rings. The Balaban J connectivity index is 1.46. The van der Waals surface area contributed by atoms with Crippen molar-refractivity contribution in [1.82, 2.24) is 20.1 Å². The van der Waals surface area contributed by atoms with E-state index in [0.717, 1.165) is 48.1 Å². The number of carbonyl (C=O) groups is 1. The van der Waals surface area contributed by atoms with Crippen LogP contribution in [-0.2, 0) is 22.7 Å². The third-order valence-corrected chi connectivity index (χ3v) is 7.77. The zero-order valence-electron chi connectivity index (χ0n) is 17.2. The van der Waals surface area contributed by atoms with Crippen molar-refractivity contribution in [2.24, 2.45) is 0 Å². The largest absolute Gasteiger partial charge is 0.300 e. The van der Waals surface area contributed by atoms with Crippen molar-refractivity contribution in [3.63, 3.8) is 0 Å². The molecular formula is C21H23N5O4S. The van der Waals surface area contributed by atoms with Crippen molar-refractivity contribution >= 4 is 21.6 Å². The minimum Gasteiger partial charge on any atom is -0.300 e. The third-order valence-electron chi connectivity index (χ3n) is 6.02. The summed E-state index contributed by atoms with van der Waals surface area (Å²) in [6.07, 6.45) is 4.06. The molecule has 10 heteroatoms. The Labute approximate surface area is 179 Å². The smallest absolute Gasteiger partial charge is 0.277 e. The van der Waals surface area contributed by atoms with Crippen LogP contribution in [0.25, 0.3) is 11.3 Å². The number of amides is 1. The Bertz CT molecular complexity index is 1240. The molecule has 1 unspecified atom stereocenters. The lowest BCUT2D eigenvalue weighted by Crippen LogP contribution is -2.17. The first-order chi connectivity index (χ1) is 14.9. The molecule has 0 bridgehead atoms. The predicted octanol–water partition coefficient (Wildman–Crippen LogP) is 2.73. The van der Waals surface area contributed by atoms with E-state index < -0.39 is 9.84 Å². The van der Waals surface area contributed by atoms with Gasteiger partial charge in [0.1, 0.15) is 0 Å². The maximum absolute atomic E-state index is 13.2. The van der Waals surface area contributed by atoms with Gasteiger partial charge in [-0.15, -0.1) is 0 Å². The van der Waals surface area contributed by atoms with E-state index in [2.05, 4.69) is 20.7 Å². The summed E-state index contributed by atoms with van der Waals surface area (Å²) in [6.45, 7) is 1.99. The van der Waals surface area contributed by atoms with E-state index in [1.54, 1.807) is 4.68 Å². The highest BCUT2D eigenvalue weighted by Gasteiger charge is 2.34. The first-order valence-electron chi connectivity index (χ1n) is 10.4. The summed E-state index contributed by atoms with van der Waals surface area (Å²) in [5, 5.41) is 15.2. The fourth-order valence-electron chi connectivity index (χ4n) is 4.42. The van der Waals surface area contributed by atoms with Crippen LogP contribution in [0.15, 0.2) is 28.9 Å². The number of carbonyl (C=O) groups excluding carboxylic acids is 1. The molecular weight excluding hydrogens is 418 g/mol. The van der Waals surface area contributed by atoms with E-state index in [4.69, 9.17) is 4.63 Å². The topological polar surface area (TPSA) is 120 Å². The van der Waals surface area contributed by atoms with Crippen molar-refractivity contribution in [1.29, 1.82) is 0 Å². The van der Waals surface area contributed by atoms with E-state index in [-0.39, 0.29) is 29.3 Å². The van der Waals surface area contributed by atoms with Gasteiger partial charge >= 0.3 is 0 Å². The molecule has 0 spiro atoms. The molecule has 3 aromatic rings. The van der Waals surface area contributed by atoms with Crippen LogP contribution in [0.5, 0.6) is 0 Å². The summed E-state index contributed by atoms with van der Waals surface area (Å²) in [5.74, 6) is 0.0870. The predicted molar refractivity (Wildman–Crippen MR) is 114 cm³/mol.